The molecule has 0 spiro atoms. The highest BCUT2D eigenvalue weighted by Crippen LogP contribution is 2.27. The maximum Gasteiger partial charge on any atom is 0.242 e. The second-order valence-corrected chi connectivity index (χ2v) is 5.53. The smallest absolute Gasteiger partial charge is 0.242 e. The zero-order valence-corrected chi connectivity index (χ0v) is 11.3. The Hall–Kier alpha value is -1.10. The number of hydrogen-bond acceptors (Lipinski definition) is 3. The van der Waals surface area contributed by atoms with Gasteiger partial charge in [-0.15, -0.1) is 0 Å². The molecule has 5 heteroatoms. The Morgan fingerprint density at radius 2 is 2.17 bits per heavy atom. The SMILES string of the molecule is CCN(C(=O)CN1CC(N)C(C)CC1=O)C1CC1. The number of hydrogen-bond donors (Lipinski definition) is 1. The highest BCUT2D eigenvalue weighted by atomic mass is 16.2. The van der Waals surface area contributed by atoms with Crippen LogP contribution in [0.1, 0.15) is 33.1 Å². The van der Waals surface area contributed by atoms with E-state index in [9.17, 15) is 9.59 Å². The number of amides is 2. The van der Waals surface area contributed by atoms with Gasteiger partial charge in [0.25, 0.3) is 0 Å². The van der Waals surface area contributed by atoms with Gasteiger partial charge in [0.1, 0.15) is 0 Å². The van der Waals surface area contributed by atoms with Gasteiger partial charge in [-0.25, -0.2) is 0 Å². The van der Waals surface area contributed by atoms with E-state index in [-0.39, 0.29) is 30.3 Å². The first-order valence-corrected chi connectivity index (χ1v) is 6.85. The number of carbonyl (C=O) groups excluding carboxylic acids is 2. The fourth-order valence-electron chi connectivity index (χ4n) is 2.52. The van der Waals surface area contributed by atoms with Crippen molar-refractivity contribution in [2.75, 3.05) is 19.6 Å². The summed E-state index contributed by atoms with van der Waals surface area (Å²) in [5.74, 6) is 0.342. The van der Waals surface area contributed by atoms with Crippen molar-refractivity contribution < 1.29 is 9.59 Å². The number of likely N-dealkylation sites (N-methyl/N-ethyl adjacent to an activating group) is 1. The molecule has 1 aliphatic heterocycles. The minimum absolute atomic E-state index is 0.00787. The van der Waals surface area contributed by atoms with Crippen LogP contribution in [0.4, 0.5) is 0 Å². The molecular formula is C13H23N3O2. The van der Waals surface area contributed by atoms with Crippen LogP contribution in [0.15, 0.2) is 0 Å². The first-order chi connectivity index (χ1) is 8.52. The number of nitrogens with two attached hydrogens (primary N) is 1. The summed E-state index contributed by atoms with van der Waals surface area (Å²) in [6, 6.07) is 0.404. The second kappa shape index (κ2) is 5.26. The van der Waals surface area contributed by atoms with Crippen LogP contribution in [0, 0.1) is 5.92 Å². The third kappa shape index (κ3) is 2.83. The topological polar surface area (TPSA) is 66.6 Å². The van der Waals surface area contributed by atoms with Crippen molar-refractivity contribution >= 4 is 11.8 Å². The van der Waals surface area contributed by atoms with Gasteiger partial charge in [-0.2, -0.15) is 0 Å². The number of nitrogens with zero attached hydrogens (tertiary/aromatic N) is 2. The Kier molecular flexibility index (Phi) is 3.90. The van der Waals surface area contributed by atoms with Crippen LogP contribution in [-0.2, 0) is 9.59 Å². The summed E-state index contributed by atoms with van der Waals surface area (Å²) in [5.41, 5.74) is 5.97. The van der Waals surface area contributed by atoms with Crippen LogP contribution in [-0.4, -0.2) is 53.3 Å². The Balaban J connectivity index is 1.91. The third-order valence-corrected chi connectivity index (χ3v) is 3.99. The van der Waals surface area contributed by atoms with Crippen LogP contribution in [0.3, 0.4) is 0 Å². The van der Waals surface area contributed by atoms with Crippen LogP contribution in [0.2, 0.25) is 0 Å². The molecular weight excluding hydrogens is 230 g/mol. The summed E-state index contributed by atoms with van der Waals surface area (Å²) in [5, 5.41) is 0. The van der Waals surface area contributed by atoms with Gasteiger partial charge in [-0.3, -0.25) is 9.59 Å². The van der Waals surface area contributed by atoms with E-state index in [4.69, 9.17) is 5.73 Å². The Morgan fingerprint density at radius 3 is 2.72 bits per heavy atom. The quantitative estimate of drug-likeness (QED) is 0.778. The molecule has 0 aromatic carbocycles. The predicted molar refractivity (Wildman–Crippen MR) is 68.7 cm³/mol. The second-order valence-electron chi connectivity index (χ2n) is 5.53. The Bertz CT molecular complexity index is 341. The zero-order valence-electron chi connectivity index (χ0n) is 11.3. The molecule has 1 saturated carbocycles. The standard InChI is InChI=1S/C13H23N3O2/c1-3-16(10-4-5-10)13(18)8-15-7-11(14)9(2)6-12(15)17/h9-11H,3-8,14H2,1-2H3. The minimum atomic E-state index is -0.00787. The van der Waals surface area contributed by atoms with E-state index in [1.165, 1.54) is 0 Å². The summed E-state index contributed by atoms with van der Waals surface area (Å²) < 4.78 is 0. The molecule has 0 aromatic heterocycles. The molecule has 2 unspecified atom stereocenters. The lowest BCUT2D eigenvalue weighted by Gasteiger charge is -2.35. The first kappa shape index (κ1) is 13.3. The Morgan fingerprint density at radius 1 is 1.50 bits per heavy atom. The molecule has 18 heavy (non-hydrogen) atoms. The molecule has 1 saturated heterocycles. The molecule has 2 rings (SSSR count). The maximum atomic E-state index is 12.1. The van der Waals surface area contributed by atoms with E-state index in [2.05, 4.69) is 0 Å². The highest BCUT2D eigenvalue weighted by molar-refractivity contribution is 5.85. The highest BCUT2D eigenvalue weighted by Gasteiger charge is 2.35. The van der Waals surface area contributed by atoms with Crippen molar-refractivity contribution in [2.24, 2.45) is 11.7 Å². The third-order valence-electron chi connectivity index (χ3n) is 3.99. The lowest BCUT2D eigenvalue weighted by atomic mass is 9.94. The summed E-state index contributed by atoms with van der Waals surface area (Å²) in [4.78, 5) is 27.5. The molecule has 2 atom stereocenters. The maximum absolute atomic E-state index is 12.1. The fraction of sp³-hybridized carbons (Fsp3) is 0.846. The molecule has 0 radical (unpaired) electrons. The molecule has 5 nitrogen and oxygen atoms in total. The monoisotopic (exact) mass is 253 g/mol. The van der Waals surface area contributed by atoms with Crippen molar-refractivity contribution in [1.29, 1.82) is 0 Å². The van der Waals surface area contributed by atoms with E-state index in [1.807, 2.05) is 18.7 Å². The van der Waals surface area contributed by atoms with Crippen LogP contribution < -0.4 is 5.73 Å². The molecule has 102 valence electrons. The average Bonchev–Trinajstić information content (AvgIpc) is 3.11. The molecule has 0 bridgehead atoms. The predicted octanol–water partition coefficient (Wildman–Crippen LogP) is 0.193. The van der Waals surface area contributed by atoms with Crippen LogP contribution in [0.5, 0.6) is 0 Å². The van der Waals surface area contributed by atoms with Crippen molar-refractivity contribution in [1.82, 2.24) is 9.80 Å². The van der Waals surface area contributed by atoms with Gasteiger partial charge < -0.3 is 15.5 Å². The van der Waals surface area contributed by atoms with E-state index < -0.39 is 0 Å². The lowest BCUT2D eigenvalue weighted by Crippen LogP contribution is -2.53. The summed E-state index contributed by atoms with van der Waals surface area (Å²) >= 11 is 0. The van der Waals surface area contributed by atoms with Gasteiger partial charge in [-0.1, -0.05) is 6.92 Å². The van der Waals surface area contributed by atoms with Gasteiger partial charge in [0.2, 0.25) is 11.8 Å². The first-order valence-electron chi connectivity index (χ1n) is 6.85. The van der Waals surface area contributed by atoms with Crippen LogP contribution in [0.25, 0.3) is 0 Å². The van der Waals surface area contributed by atoms with Crippen molar-refractivity contribution in [3.63, 3.8) is 0 Å². The number of piperidine rings is 1. The van der Waals surface area contributed by atoms with Crippen molar-refractivity contribution in [3.8, 4) is 0 Å². The van der Waals surface area contributed by atoms with E-state index in [1.54, 1.807) is 4.90 Å². The van der Waals surface area contributed by atoms with Crippen LogP contribution >= 0.6 is 0 Å². The van der Waals surface area contributed by atoms with Crippen molar-refractivity contribution in [3.05, 3.63) is 0 Å². The van der Waals surface area contributed by atoms with Gasteiger partial charge in [-0.05, 0) is 25.7 Å². The normalized spacial score (nSPS) is 28.4. The molecule has 2 fully saturated rings. The van der Waals surface area contributed by atoms with Gasteiger partial charge in [0.05, 0.1) is 6.54 Å². The number of rotatable bonds is 4. The van der Waals surface area contributed by atoms with Crippen molar-refractivity contribution in [2.45, 2.75) is 45.2 Å². The Labute approximate surface area is 108 Å². The van der Waals surface area contributed by atoms with E-state index >= 15 is 0 Å². The molecule has 2 aliphatic rings. The lowest BCUT2D eigenvalue weighted by molar-refractivity contribution is -0.143. The molecule has 2 N–H and O–H groups in total. The largest absolute Gasteiger partial charge is 0.338 e. The summed E-state index contributed by atoms with van der Waals surface area (Å²) in [6.45, 7) is 5.41. The average molecular weight is 253 g/mol. The number of likely N-dealkylation sites (tertiary alicyclic amines) is 1. The van der Waals surface area contributed by atoms with Gasteiger partial charge >= 0.3 is 0 Å². The molecule has 2 amide bonds. The molecule has 1 aliphatic carbocycles. The van der Waals surface area contributed by atoms with Gasteiger partial charge in [0, 0.05) is 31.6 Å². The van der Waals surface area contributed by atoms with Gasteiger partial charge in [0.15, 0.2) is 0 Å². The fourth-order valence-corrected chi connectivity index (χ4v) is 2.52. The molecule has 1 heterocycles. The number of carbonyl (C=O) groups is 2. The van der Waals surface area contributed by atoms with E-state index in [0.717, 1.165) is 19.4 Å². The minimum Gasteiger partial charge on any atom is -0.338 e. The summed E-state index contributed by atoms with van der Waals surface area (Å²) in [7, 11) is 0. The van der Waals surface area contributed by atoms with E-state index in [0.29, 0.717) is 19.0 Å². The zero-order chi connectivity index (χ0) is 13.3. The molecule has 0 aromatic rings. The summed E-state index contributed by atoms with van der Waals surface area (Å²) in [6.07, 6.45) is 2.66.